The van der Waals surface area contributed by atoms with Crippen LogP contribution in [0, 0.1) is 0 Å². The average molecular weight is 299 g/mol. The van der Waals surface area contributed by atoms with E-state index in [0.717, 1.165) is 24.1 Å². The van der Waals surface area contributed by atoms with Crippen LogP contribution in [-0.4, -0.2) is 29.3 Å². The molecule has 0 saturated heterocycles. The van der Waals surface area contributed by atoms with Crippen LogP contribution in [-0.2, 0) is 0 Å². The average Bonchev–Trinajstić information content (AvgIpc) is 2.90. The highest BCUT2D eigenvalue weighted by Gasteiger charge is 2.24. The van der Waals surface area contributed by atoms with E-state index < -0.39 is 0 Å². The molecule has 1 aromatic carbocycles. The van der Waals surface area contributed by atoms with Gasteiger partial charge >= 0.3 is 0 Å². The molecule has 0 amide bonds. The van der Waals surface area contributed by atoms with Crippen molar-refractivity contribution in [2.24, 2.45) is 5.73 Å². The number of nitrogens with zero attached hydrogens (tertiary/aromatic N) is 1. The Morgan fingerprint density at radius 3 is 2.68 bits per heavy atom. The van der Waals surface area contributed by atoms with Gasteiger partial charge in [0.15, 0.2) is 0 Å². The monoisotopic (exact) mass is 298 g/mol. The quantitative estimate of drug-likeness (QED) is 0.821. The number of hydrogen-bond acceptors (Lipinski definition) is 3. The van der Waals surface area contributed by atoms with Crippen molar-refractivity contribution < 1.29 is 5.11 Å². The molecule has 1 fully saturated rings. The number of benzene rings is 1. The minimum absolute atomic E-state index is 0.121. The van der Waals surface area contributed by atoms with E-state index in [1.807, 2.05) is 12.1 Å². The zero-order valence-electron chi connectivity index (χ0n) is 10.8. The summed E-state index contributed by atoms with van der Waals surface area (Å²) in [5.74, 6) is 0. The predicted molar refractivity (Wildman–Crippen MR) is 84.0 cm³/mol. The van der Waals surface area contributed by atoms with Crippen LogP contribution in [0.1, 0.15) is 31.2 Å². The summed E-state index contributed by atoms with van der Waals surface area (Å²) in [5, 5.41) is 9.94. The Kier molecular flexibility index (Phi) is 5.02. The van der Waals surface area contributed by atoms with Crippen molar-refractivity contribution in [3.63, 3.8) is 0 Å². The van der Waals surface area contributed by atoms with Gasteiger partial charge in [0.2, 0.25) is 0 Å². The molecule has 104 valence electrons. The molecule has 0 atom stereocenters. The van der Waals surface area contributed by atoms with Crippen LogP contribution in [0.25, 0.3) is 0 Å². The summed E-state index contributed by atoms with van der Waals surface area (Å²) in [6, 6.07) is 6.06. The molecule has 0 radical (unpaired) electrons. The van der Waals surface area contributed by atoms with Crippen molar-refractivity contribution >= 4 is 34.5 Å². The summed E-state index contributed by atoms with van der Waals surface area (Å²) < 4.78 is 0. The largest absolute Gasteiger partial charge is 0.395 e. The molecule has 3 N–H and O–H groups in total. The first-order chi connectivity index (χ1) is 9.13. The smallest absolute Gasteiger partial charge is 0.106 e. The van der Waals surface area contributed by atoms with Crippen LogP contribution in [0.15, 0.2) is 18.2 Å². The number of hydrogen-bond donors (Lipinski definition) is 2. The standard InChI is InChI=1S/C14H19ClN2OS/c15-10-5-6-13(12(9-10)14(16)19)17(7-8-18)11-3-1-2-4-11/h5-6,9,11,18H,1-4,7-8H2,(H2,16,19). The number of halogens is 1. The second-order valence-corrected chi connectivity index (χ2v) is 5.76. The lowest BCUT2D eigenvalue weighted by molar-refractivity contribution is 0.297. The first-order valence-corrected chi connectivity index (χ1v) is 7.39. The van der Waals surface area contributed by atoms with E-state index in [0.29, 0.717) is 22.6 Å². The molecule has 0 bridgehead atoms. The van der Waals surface area contributed by atoms with Crippen molar-refractivity contribution in [2.75, 3.05) is 18.1 Å². The van der Waals surface area contributed by atoms with E-state index in [4.69, 9.17) is 29.6 Å². The van der Waals surface area contributed by atoms with Crippen molar-refractivity contribution in [3.8, 4) is 0 Å². The van der Waals surface area contributed by atoms with Gasteiger partial charge in [0.25, 0.3) is 0 Å². The third-order valence-electron chi connectivity index (χ3n) is 3.64. The zero-order chi connectivity index (χ0) is 13.8. The van der Waals surface area contributed by atoms with Gasteiger partial charge in [0.1, 0.15) is 4.99 Å². The molecule has 3 nitrogen and oxygen atoms in total. The summed E-state index contributed by atoms with van der Waals surface area (Å²) in [7, 11) is 0. The van der Waals surface area contributed by atoms with Crippen LogP contribution < -0.4 is 10.6 Å². The number of anilines is 1. The molecule has 0 unspecified atom stereocenters. The van der Waals surface area contributed by atoms with Gasteiger partial charge in [-0.05, 0) is 31.0 Å². The fraction of sp³-hybridized carbons (Fsp3) is 0.500. The number of aliphatic hydroxyl groups excluding tert-OH is 1. The first-order valence-electron chi connectivity index (χ1n) is 6.60. The number of aliphatic hydroxyl groups is 1. The third kappa shape index (κ3) is 3.38. The number of nitrogens with two attached hydrogens (primary N) is 1. The van der Waals surface area contributed by atoms with Gasteiger partial charge in [-0.2, -0.15) is 0 Å². The Hall–Kier alpha value is -0.840. The molecule has 5 heteroatoms. The summed E-state index contributed by atoms with van der Waals surface area (Å²) in [4.78, 5) is 2.57. The van der Waals surface area contributed by atoms with Gasteiger partial charge in [-0.15, -0.1) is 0 Å². The first kappa shape index (κ1) is 14.6. The normalized spacial score (nSPS) is 15.7. The van der Waals surface area contributed by atoms with E-state index in [9.17, 15) is 5.11 Å². The Labute approximate surface area is 124 Å². The second-order valence-electron chi connectivity index (χ2n) is 4.88. The van der Waals surface area contributed by atoms with Crippen molar-refractivity contribution in [3.05, 3.63) is 28.8 Å². The van der Waals surface area contributed by atoms with Gasteiger partial charge in [-0.1, -0.05) is 36.7 Å². The summed E-state index contributed by atoms with van der Waals surface area (Å²) in [6.45, 7) is 0.720. The maximum absolute atomic E-state index is 9.31. The molecule has 1 aliphatic rings. The van der Waals surface area contributed by atoms with Gasteiger partial charge in [-0.3, -0.25) is 0 Å². The summed E-state index contributed by atoms with van der Waals surface area (Å²) >= 11 is 11.1. The molecule has 2 rings (SSSR count). The van der Waals surface area contributed by atoms with E-state index in [1.165, 1.54) is 12.8 Å². The summed E-state index contributed by atoms with van der Waals surface area (Å²) in [5.41, 5.74) is 7.58. The molecule has 0 heterocycles. The second kappa shape index (κ2) is 6.55. The fourth-order valence-electron chi connectivity index (χ4n) is 2.78. The van der Waals surface area contributed by atoms with Crippen LogP contribution in [0.2, 0.25) is 5.02 Å². The molecule has 19 heavy (non-hydrogen) atoms. The van der Waals surface area contributed by atoms with Gasteiger partial charge in [0, 0.05) is 28.9 Å². The van der Waals surface area contributed by atoms with Crippen molar-refractivity contribution in [1.82, 2.24) is 0 Å². The molecule has 0 aromatic heterocycles. The third-order valence-corrected chi connectivity index (χ3v) is 4.09. The maximum Gasteiger partial charge on any atom is 0.106 e. The lowest BCUT2D eigenvalue weighted by atomic mass is 10.1. The van der Waals surface area contributed by atoms with Crippen LogP contribution in [0.5, 0.6) is 0 Å². The molecular weight excluding hydrogens is 280 g/mol. The maximum atomic E-state index is 9.31. The van der Waals surface area contributed by atoms with E-state index >= 15 is 0 Å². The van der Waals surface area contributed by atoms with E-state index in [-0.39, 0.29) is 6.61 Å². The number of rotatable bonds is 5. The van der Waals surface area contributed by atoms with Crippen LogP contribution in [0.3, 0.4) is 0 Å². The number of thiocarbonyl (C=S) groups is 1. The minimum atomic E-state index is 0.121. The molecule has 1 saturated carbocycles. The van der Waals surface area contributed by atoms with Crippen LogP contribution in [0.4, 0.5) is 5.69 Å². The zero-order valence-corrected chi connectivity index (χ0v) is 12.4. The predicted octanol–water partition coefficient (Wildman–Crippen LogP) is 2.72. The Morgan fingerprint density at radius 1 is 1.42 bits per heavy atom. The van der Waals surface area contributed by atoms with Crippen LogP contribution >= 0.6 is 23.8 Å². The fourth-order valence-corrected chi connectivity index (χ4v) is 3.12. The lowest BCUT2D eigenvalue weighted by Crippen LogP contribution is -2.37. The Bertz CT molecular complexity index is 461. The van der Waals surface area contributed by atoms with Gasteiger partial charge in [0.05, 0.1) is 6.61 Å². The molecule has 0 aliphatic heterocycles. The van der Waals surface area contributed by atoms with E-state index in [2.05, 4.69) is 4.90 Å². The van der Waals surface area contributed by atoms with E-state index in [1.54, 1.807) is 6.07 Å². The highest BCUT2D eigenvalue weighted by Crippen LogP contribution is 2.31. The molecular formula is C14H19ClN2OS. The molecule has 1 aromatic rings. The Balaban J connectivity index is 2.37. The SMILES string of the molecule is NC(=S)c1cc(Cl)ccc1N(CCO)C1CCCC1. The topological polar surface area (TPSA) is 49.5 Å². The summed E-state index contributed by atoms with van der Waals surface area (Å²) in [6.07, 6.45) is 4.78. The van der Waals surface area contributed by atoms with Crippen molar-refractivity contribution in [2.45, 2.75) is 31.7 Å². The molecule has 0 spiro atoms. The molecule has 1 aliphatic carbocycles. The van der Waals surface area contributed by atoms with Crippen molar-refractivity contribution in [1.29, 1.82) is 0 Å². The Morgan fingerprint density at radius 2 is 2.11 bits per heavy atom. The highest BCUT2D eigenvalue weighted by molar-refractivity contribution is 7.80. The van der Waals surface area contributed by atoms with Gasteiger partial charge in [-0.25, -0.2) is 0 Å². The highest BCUT2D eigenvalue weighted by atomic mass is 35.5. The van der Waals surface area contributed by atoms with Gasteiger partial charge < -0.3 is 15.7 Å². The minimum Gasteiger partial charge on any atom is -0.395 e. The lowest BCUT2D eigenvalue weighted by Gasteiger charge is -2.32.